The number of aliphatic hydroxyl groups excluding tert-OH is 3. The molecule has 0 unspecified atom stereocenters. The number of β-amino-alcohol motifs (C(OH)–C–C–N with tert-alkyl or cyclic N) is 2. The van der Waals surface area contributed by atoms with Gasteiger partial charge >= 0.3 is 0 Å². The summed E-state index contributed by atoms with van der Waals surface area (Å²) < 4.78 is 31.8. The highest BCUT2D eigenvalue weighted by molar-refractivity contribution is 6.44. The number of likely N-dealkylation sites (tertiary alicyclic amines) is 2. The minimum Gasteiger partial charge on any atom is -0.508 e. The van der Waals surface area contributed by atoms with E-state index in [0.29, 0.717) is 124 Å². The van der Waals surface area contributed by atoms with Crippen LogP contribution in [-0.4, -0.2) is 183 Å². The number of nitrogens with zero attached hydrogens (tertiary/aromatic N) is 2. The molecule has 5 aliphatic rings. The highest BCUT2D eigenvalue weighted by Gasteiger charge is 2.25. The number of phenols is 1. The second-order valence-corrected chi connectivity index (χ2v) is 25.3. The Morgan fingerprint density at radius 1 is 0.483 bits per heavy atom. The molecule has 0 radical (unpaired) electrons. The van der Waals surface area contributed by atoms with E-state index in [1.54, 1.807) is 78.9 Å². The van der Waals surface area contributed by atoms with Gasteiger partial charge in [0.1, 0.15) is 79.6 Å². The van der Waals surface area contributed by atoms with Gasteiger partial charge in [0.05, 0.1) is 75.4 Å². The lowest BCUT2D eigenvalue weighted by atomic mass is 10.0. The molecule has 10 N–H and O–H groups in total. The maximum atomic E-state index is 10.3. The number of piperidine rings is 3. The van der Waals surface area contributed by atoms with Crippen molar-refractivity contribution in [2.24, 2.45) is 11.5 Å². The highest BCUT2D eigenvalue weighted by atomic mass is 35.5. The SMILES string of the molecule is ClC[C@H]1CO1.Clc1ccc(OC[C@H]2CO2)cc1Cl.NC1CCN(C[C@@H](O)COc2ccc(Cl)c(Cl)c2)CC1.NC1CCNCC1.O[C@H](CNC1CCN(C[C@@H](O)COc2ccc(Cl)c(Cl)c2)CC1)COc1ccc(Cl)c(Cl)c1.Oc1ccc(Cl)c(Cl)c1. The number of nitrogens with two attached hydrogens (primary N) is 2. The maximum absolute atomic E-state index is 10.3. The van der Waals surface area contributed by atoms with Crippen LogP contribution < -0.4 is 41.0 Å². The summed E-state index contributed by atoms with van der Waals surface area (Å²) in [6.07, 6.45) is 5.02. The first-order chi connectivity index (χ1) is 41.6. The number of aliphatic hydroxyl groups is 3. The number of nitrogens with one attached hydrogen (secondary N) is 2. The predicted octanol–water partition coefficient (Wildman–Crippen LogP) is 12.5. The fourth-order valence-electron chi connectivity index (χ4n) is 8.20. The van der Waals surface area contributed by atoms with Crippen molar-refractivity contribution in [2.45, 2.75) is 87.2 Å². The van der Waals surface area contributed by atoms with E-state index in [-0.39, 0.29) is 31.7 Å². The number of epoxide rings is 2. The Morgan fingerprint density at radius 3 is 1.17 bits per heavy atom. The van der Waals surface area contributed by atoms with E-state index in [9.17, 15) is 15.3 Å². The number of rotatable bonds is 20. The van der Waals surface area contributed by atoms with Gasteiger partial charge in [0.2, 0.25) is 0 Å². The van der Waals surface area contributed by atoms with Gasteiger partial charge in [0.15, 0.2) is 0 Å². The van der Waals surface area contributed by atoms with Gasteiger partial charge < -0.3 is 80.7 Å². The van der Waals surface area contributed by atoms with Crippen molar-refractivity contribution in [3.8, 4) is 28.7 Å². The van der Waals surface area contributed by atoms with Crippen molar-refractivity contribution in [3.05, 3.63) is 141 Å². The van der Waals surface area contributed by atoms with Crippen LogP contribution in [0.4, 0.5) is 0 Å². The Balaban J connectivity index is 0.000000215. The van der Waals surface area contributed by atoms with Gasteiger partial charge in [-0.15, -0.1) is 11.6 Å². The van der Waals surface area contributed by atoms with Crippen molar-refractivity contribution in [3.63, 3.8) is 0 Å². The lowest BCUT2D eigenvalue weighted by Gasteiger charge is -2.33. The number of benzene rings is 5. The Hall–Kier alpha value is -2.15. The molecule has 0 aliphatic carbocycles. The van der Waals surface area contributed by atoms with Crippen molar-refractivity contribution >= 4 is 128 Å². The number of halogens is 11. The molecule has 5 saturated heterocycles. The third-order valence-electron chi connectivity index (χ3n) is 13.4. The van der Waals surface area contributed by atoms with Gasteiger partial charge in [-0.3, -0.25) is 0 Å². The first-order valence-corrected chi connectivity index (χ1v) is 32.6. The maximum Gasteiger partial charge on any atom is 0.121 e. The largest absolute Gasteiger partial charge is 0.508 e. The van der Waals surface area contributed by atoms with Crippen LogP contribution in [0.3, 0.4) is 0 Å². The van der Waals surface area contributed by atoms with Crippen molar-refractivity contribution < 1.29 is 48.8 Å². The molecule has 0 spiro atoms. The minimum absolute atomic E-state index is 0.129. The monoisotopic (exact) mass is 1430 g/mol. The van der Waals surface area contributed by atoms with E-state index in [1.807, 2.05) is 0 Å². The van der Waals surface area contributed by atoms with Gasteiger partial charge in [-0.05, 0) is 145 Å². The molecule has 5 aromatic rings. The molecule has 16 nitrogen and oxygen atoms in total. The number of phenolic OH excluding ortho intramolecular Hbond substituents is 1. The smallest absolute Gasteiger partial charge is 0.121 e. The zero-order valence-corrected chi connectivity index (χ0v) is 56.1. The summed E-state index contributed by atoms with van der Waals surface area (Å²) in [6, 6.07) is 25.8. The Morgan fingerprint density at radius 2 is 0.839 bits per heavy atom. The third-order valence-corrected chi connectivity index (χ3v) is 17.4. The standard InChI is InChI=1S/C23H28Cl4N2O4.C14H20Cl2N2O2.C9H8Cl2O2.C6H4Cl2O.C5H12N2.C3H5ClO/c24-20-3-1-18(9-22(20)26)32-13-16(30)11-28-15-5-7-29(8-6-15)12-17(31)14-33-19-2-4-21(25)23(27)10-19;15-13-2-1-12(7-14(13)16)20-9-11(19)8-18-5-3-10(17)4-6-18;10-8-2-1-6(3-9(8)11)12-4-7-5-13-7;7-5-2-1-4(9)3-6(5)8;6-5-1-3-7-4-2-5;4-1-3-2-5-3/h1-4,9-10,15-17,28,30-31H,5-8,11-14H2;1-2,7,10-11,19H,3-6,8-9,17H2;1-3,7H,4-5H2;1-3,9H;5,7H,1-4,6H2;3H,1-2H2/t16-,17-;11-;7-;;;3-/m110..0/s1. The van der Waals surface area contributed by atoms with Crippen molar-refractivity contribution in [2.75, 3.05) is 104 Å². The molecule has 27 heteroatoms. The van der Waals surface area contributed by atoms with Crippen LogP contribution in [0, 0.1) is 0 Å². The molecule has 5 heterocycles. The summed E-state index contributed by atoms with van der Waals surface area (Å²) in [6.45, 7) is 10.2. The summed E-state index contributed by atoms with van der Waals surface area (Å²) in [5.74, 6) is 3.28. The summed E-state index contributed by atoms with van der Waals surface area (Å²) in [7, 11) is 0. The molecule has 0 bridgehead atoms. The molecular formula is C60H77Cl11N6O10. The van der Waals surface area contributed by atoms with Crippen LogP contribution in [0.2, 0.25) is 50.2 Å². The van der Waals surface area contributed by atoms with E-state index in [4.69, 9.17) is 173 Å². The quantitative estimate of drug-likeness (QED) is 0.0268. The fourth-order valence-corrected chi connectivity index (χ4v) is 9.82. The van der Waals surface area contributed by atoms with E-state index in [1.165, 1.54) is 12.1 Å². The molecule has 5 aliphatic heterocycles. The number of alkyl halides is 1. The zero-order valence-electron chi connectivity index (χ0n) is 47.8. The molecule has 5 fully saturated rings. The van der Waals surface area contributed by atoms with Crippen molar-refractivity contribution in [1.29, 1.82) is 0 Å². The molecule has 87 heavy (non-hydrogen) atoms. The van der Waals surface area contributed by atoms with E-state index in [0.717, 1.165) is 96.8 Å². The molecule has 484 valence electrons. The molecule has 0 amide bonds. The first-order valence-electron chi connectivity index (χ1n) is 28.3. The predicted molar refractivity (Wildman–Crippen MR) is 355 cm³/mol. The molecule has 5 aromatic carbocycles. The highest BCUT2D eigenvalue weighted by Crippen LogP contribution is 2.30. The lowest BCUT2D eigenvalue weighted by molar-refractivity contribution is 0.0556. The normalized spacial score (nSPS) is 18.8. The zero-order chi connectivity index (χ0) is 63.3. The third kappa shape index (κ3) is 32.3. The number of hydrogen-bond acceptors (Lipinski definition) is 16. The number of aromatic hydroxyl groups is 1. The Labute approximate surface area is 565 Å². The van der Waals surface area contributed by atoms with Gasteiger partial charge in [-0.25, -0.2) is 0 Å². The lowest BCUT2D eigenvalue weighted by Crippen LogP contribution is -2.47. The fraction of sp³-hybridized carbons (Fsp3) is 0.500. The molecule has 0 saturated carbocycles. The van der Waals surface area contributed by atoms with E-state index in [2.05, 4.69) is 20.4 Å². The molecule has 10 rings (SSSR count). The van der Waals surface area contributed by atoms with Crippen LogP contribution in [0.15, 0.2) is 91.0 Å². The summed E-state index contributed by atoms with van der Waals surface area (Å²) in [5.41, 5.74) is 11.4. The van der Waals surface area contributed by atoms with Crippen LogP contribution in [0.1, 0.15) is 38.5 Å². The average molecular weight is 1430 g/mol. The van der Waals surface area contributed by atoms with Gasteiger partial charge in [0, 0.05) is 62.0 Å². The molecule has 5 atom stereocenters. The molecule has 0 aromatic heterocycles. The first kappa shape index (κ1) is 75.6. The number of hydrogen-bond donors (Lipinski definition) is 8. The topological polar surface area (TPSA) is 225 Å². The summed E-state index contributed by atoms with van der Waals surface area (Å²) in [4.78, 5) is 4.43. The Kier molecular flexibility index (Phi) is 36.0. The number of ether oxygens (including phenoxy) is 6. The summed E-state index contributed by atoms with van der Waals surface area (Å²) >= 11 is 63.3. The van der Waals surface area contributed by atoms with Crippen LogP contribution in [-0.2, 0) is 9.47 Å². The molecular weight excluding hydrogens is 1350 g/mol. The average Bonchev–Trinajstić information content (AvgIpc) is 4.59. The van der Waals surface area contributed by atoms with Crippen LogP contribution in [0.5, 0.6) is 28.7 Å². The Bertz CT molecular complexity index is 2760. The van der Waals surface area contributed by atoms with Gasteiger partial charge in [-0.2, -0.15) is 0 Å². The second-order valence-electron chi connectivity index (χ2n) is 20.9. The van der Waals surface area contributed by atoms with Crippen LogP contribution >= 0.6 is 128 Å². The van der Waals surface area contributed by atoms with Gasteiger partial charge in [-0.1, -0.05) is 116 Å². The van der Waals surface area contributed by atoms with Crippen molar-refractivity contribution in [1.82, 2.24) is 20.4 Å². The van der Waals surface area contributed by atoms with E-state index < -0.39 is 18.3 Å². The minimum atomic E-state index is -0.641. The summed E-state index contributed by atoms with van der Waals surface area (Å²) in [5, 5.41) is 50.5. The van der Waals surface area contributed by atoms with Gasteiger partial charge in [0.25, 0.3) is 0 Å². The van der Waals surface area contributed by atoms with E-state index >= 15 is 0 Å². The van der Waals surface area contributed by atoms with Crippen LogP contribution in [0.25, 0.3) is 0 Å². The second kappa shape index (κ2) is 41.4.